The Balaban J connectivity index is 0.870. The van der Waals surface area contributed by atoms with Gasteiger partial charge in [0.15, 0.2) is 15.3 Å². The Kier molecular flexibility index (Phi) is 21.3. The van der Waals surface area contributed by atoms with E-state index in [9.17, 15) is 0 Å². The number of rotatable bonds is 17. The first kappa shape index (κ1) is 61.4. The zero-order chi connectivity index (χ0) is 59.2. The molecule has 0 saturated carbocycles. The van der Waals surface area contributed by atoms with Crippen LogP contribution < -0.4 is 43.4 Å². The minimum Gasteiger partial charge on any atom is -0.409 e. The highest BCUT2D eigenvalue weighted by atomic mass is 32.1. The minimum absolute atomic E-state index is 0.0246. The summed E-state index contributed by atoms with van der Waals surface area (Å²) in [6, 6.07) is 24.3. The summed E-state index contributed by atoms with van der Waals surface area (Å²) in [6.45, 7) is 36.3. The highest BCUT2D eigenvalue weighted by Crippen LogP contribution is 2.32. The van der Waals surface area contributed by atoms with Crippen molar-refractivity contribution in [3.8, 4) is 0 Å². The van der Waals surface area contributed by atoms with E-state index in [1.54, 1.807) is 0 Å². The number of aryl methyl sites for hydroxylation is 2. The summed E-state index contributed by atoms with van der Waals surface area (Å²) in [5.74, 6) is 0.729. The molecule has 82 heavy (non-hydrogen) atoms. The van der Waals surface area contributed by atoms with Crippen molar-refractivity contribution in [2.75, 3.05) is 21.7 Å². The molecule has 3 atom stereocenters. The lowest BCUT2D eigenvalue weighted by Gasteiger charge is -2.26. The number of nitrogen functional groups attached to an aromatic ring is 1. The minimum atomic E-state index is 0.0246. The van der Waals surface area contributed by atoms with Gasteiger partial charge in [0.2, 0.25) is 0 Å². The average molecular weight is 1140 g/mol. The number of anilines is 4. The van der Waals surface area contributed by atoms with E-state index >= 15 is 0 Å². The molecule has 424 valence electrons. The van der Waals surface area contributed by atoms with Crippen LogP contribution in [0.2, 0.25) is 0 Å². The van der Waals surface area contributed by atoms with Crippen LogP contribution in [0.5, 0.6) is 0 Å². The first-order valence-electron chi connectivity index (χ1n) is 27.7. The fourth-order valence-corrected chi connectivity index (χ4v) is 10.4. The molecule has 3 unspecified atom stereocenters. The Morgan fingerprint density at radius 2 is 1.17 bits per heavy atom. The summed E-state index contributed by atoms with van der Waals surface area (Å²) in [5, 5.41) is 21.7. The van der Waals surface area contributed by atoms with Crippen molar-refractivity contribution in [2.45, 2.75) is 74.1 Å². The molecule has 0 radical (unpaired) electrons. The van der Waals surface area contributed by atoms with Crippen LogP contribution in [0.1, 0.15) is 105 Å². The lowest BCUT2D eigenvalue weighted by Crippen LogP contribution is -2.29. The molecule has 0 aliphatic heterocycles. The molecule has 8 nitrogen and oxygen atoms in total. The van der Waals surface area contributed by atoms with E-state index in [2.05, 4.69) is 217 Å². The van der Waals surface area contributed by atoms with Crippen molar-refractivity contribution in [3.63, 3.8) is 0 Å². The molecule has 4 aromatic carbocycles. The molecule has 0 amide bonds. The normalized spacial score (nSPS) is 17.9. The first-order chi connectivity index (χ1) is 39.1. The smallest absolute Gasteiger partial charge is 0.175 e. The Labute approximate surface area is 505 Å². The van der Waals surface area contributed by atoms with Crippen LogP contribution in [0.3, 0.4) is 0 Å². The lowest BCUT2D eigenvalue weighted by molar-refractivity contribution is 0.501. The molecule has 0 fully saturated rings. The van der Waals surface area contributed by atoms with Crippen molar-refractivity contribution in [3.05, 3.63) is 274 Å². The highest BCUT2D eigenvalue weighted by Gasteiger charge is 2.20. The molecule has 0 saturated heterocycles. The van der Waals surface area contributed by atoms with Gasteiger partial charge in [-0.05, 0) is 194 Å². The van der Waals surface area contributed by atoms with Crippen molar-refractivity contribution in [1.29, 1.82) is 0 Å². The van der Waals surface area contributed by atoms with Gasteiger partial charge in [-0.2, -0.15) is 37.5 Å². The zero-order valence-corrected chi connectivity index (χ0v) is 50.9. The quantitative estimate of drug-likeness (QED) is 0.0223. The predicted octanol–water partition coefficient (Wildman–Crippen LogP) is 17.0. The fourth-order valence-electron chi connectivity index (χ4n) is 9.68. The second kappa shape index (κ2) is 28.5. The monoisotopic (exact) mass is 1140 g/mol. The van der Waals surface area contributed by atoms with Crippen LogP contribution in [-0.4, -0.2) is 15.3 Å². The third kappa shape index (κ3) is 17.2. The van der Waals surface area contributed by atoms with Crippen LogP contribution >= 0.6 is 36.7 Å². The van der Waals surface area contributed by atoms with Gasteiger partial charge in [-0.3, -0.25) is 0 Å². The van der Waals surface area contributed by atoms with Gasteiger partial charge in [-0.15, -0.1) is 71.2 Å². The van der Waals surface area contributed by atoms with E-state index in [4.69, 9.17) is 48.1 Å². The molecule has 0 spiro atoms. The van der Waals surface area contributed by atoms with Gasteiger partial charge in [-0.1, -0.05) is 106 Å². The third-order valence-electron chi connectivity index (χ3n) is 15.1. The molecular weight excluding hydrogens is 1060 g/mol. The van der Waals surface area contributed by atoms with E-state index in [1.807, 2.05) is 55.5 Å². The molecule has 0 aromatic heterocycles. The number of hydrogen-bond donors (Lipinski definition) is 8. The number of benzene rings is 4. The maximum Gasteiger partial charge on any atom is 0.175 e. The molecule has 4 aromatic rings. The van der Waals surface area contributed by atoms with Crippen LogP contribution in [0.25, 0.3) is 24.3 Å². The van der Waals surface area contributed by atoms with Gasteiger partial charge in [0.1, 0.15) is 0 Å². The number of nitrogens with two attached hydrogens (primary N) is 2. The van der Waals surface area contributed by atoms with Gasteiger partial charge in [0.05, 0.1) is 0 Å². The largest absolute Gasteiger partial charge is 0.409 e. The van der Waals surface area contributed by atoms with Gasteiger partial charge < -0.3 is 50.3 Å². The Hall–Kier alpha value is -8.22. The second-order valence-electron chi connectivity index (χ2n) is 21.4. The number of thiocarbonyl (C=S) groups is 3. The summed E-state index contributed by atoms with van der Waals surface area (Å²) < 4.78 is 0. The first-order valence-corrected chi connectivity index (χ1v) is 28.9. The van der Waals surface area contributed by atoms with Crippen LogP contribution in [0.4, 0.5) is 22.7 Å². The third-order valence-corrected chi connectivity index (χ3v) is 15.7. The van der Waals surface area contributed by atoms with E-state index in [1.165, 1.54) is 11.1 Å². The van der Waals surface area contributed by atoms with Gasteiger partial charge in [-0.25, -0.2) is 0 Å². The van der Waals surface area contributed by atoms with E-state index in [-0.39, 0.29) is 5.92 Å². The summed E-state index contributed by atoms with van der Waals surface area (Å²) in [4.78, 5) is 0. The maximum absolute atomic E-state index is 6.15. The van der Waals surface area contributed by atoms with E-state index < -0.39 is 0 Å². The Morgan fingerprint density at radius 3 is 1.77 bits per heavy atom. The predicted molar refractivity (Wildman–Crippen MR) is 367 cm³/mol. The van der Waals surface area contributed by atoms with E-state index in [0.717, 1.165) is 131 Å². The van der Waals surface area contributed by atoms with Crippen LogP contribution in [-0.2, 0) is 0 Å². The van der Waals surface area contributed by atoms with E-state index in [0.29, 0.717) is 39.3 Å². The summed E-state index contributed by atoms with van der Waals surface area (Å²) in [6.07, 6.45) is 32.7. The Morgan fingerprint density at radius 1 is 0.622 bits per heavy atom. The number of allylic oxidation sites excluding steroid dienone is 20. The molecular formula is C71H78N8S3-4. The average Bonchev–Trinajstić information content (AvgIpc) is 3.55. The van der Waals surface area contributed by atoms with Gasteiger partial charge >= 0.3 is 0 Å². The SMILES string of the molecule is C=C(C)\C(=C/C(CC)=C(C)/C=C/c1ccc(N)cc1[CH2-])NC(=S)Nc1ccc(/C=C/C2=CC=C(NC(=S)Nc3ccc(/C=C/C4=C([CH2-])C=C(NC(=S)Nc5ccc(/C=C/C6=CC=C(N)C(C)C6C)c(C)c5)CC4)c(C)c3)CC2[CH2-])c([CH2-])c1. The standard InChI is InChI=1S/C71H78N8S3/c1-13-53(44(4)14-15-54-22-29-61(72)36-45(54)5)42-68(43(2)3)79-71(82)78-66-34-26-58(49(9)41-66)19-18-57-25-32-63(39-48(57)8)75-69(80)74-62-30-23-55(46(6)37-62)16-17-56-24-31-64(38-47(56)7)76-70(81)77-65-33-27-59(50(10)40-65)20-21-60-28-35-67(73)52(12)51(60)11/h14-23,25-30,32-38,40-42,48,51-52H,2,5,7-9,13,24,31,39,72-73H2,1,3-4,6,10-12H3,(H2,74,75,80)(H2,76,77,81)(H2,78,79,82)/q-4/b15-14+,17-16+,19-18+,21-20+,53-44+,68-42+. The summed E-state index contributed by atoms with van der Waals surface area (Å²) in [5.41, 5.74) is 35.3. The summed E-state index contributed by atoms with van der Waals surface area (Å²) >= 11 is 17.3. The van der Waals surface area contributed by atoms with Gasteiger partial charge in [0.25, 0.3) is 0 Å². The Bertz CT molecular complexity index is 3550. The molecule has 7 rings (SSSR count). The van der Waals surface area contributed by atoms with Crippen molar-refractivity contribution in [2.24, 2.45) is 23.5 Å². The second-order valence-corrected chi connectivity index (χ2v) is 22.6. The highest BCUT2D eigenvalue weighted by molar-refractivity contribution is 7.81. The van der Waals surface area contributed by atoms with Crippen LogP contribution in [0.15, 0.2) is 202 Å². The zero-order valence-electron chi connectivity index (χ0n) is 48.5. The molecule has 3 aliphatic rings. The molecule has 0 heterocycles. The van der Waals surface area contributed by atoms with Crippen molar-refractivity contribution >= 4 is 99.0 Å². The topological polar surface area (TPSA) is 124 Å². The number of hydrogen-bond acceptors (Lipinski definition) is 5. The maximum atomic E-state index is 6.15. The fraction of sp³-hybridized carbons (Fsp3) is 0.197. The molecule has 10 N–H and O–H groups in total. The molecule has 0 bridgehead atoms. The van der Waals surface area contributed by atoms with Gasteiger partial charge in [0, 0.05) is 34.4 Å². The molecule has 3 aliphatic carbocycles. The molecule has 11 heteroatoms. The van der Waals surface area contributed by atoms with Crippen LogP contribution in [0, 0.1) is 59.3 Å². The number of nitrogens with one attached hydrogen (secondary N) is 6. The summed E-state index contributed by atoms with van der Waals surface area (Å²) in [7, 11) is 0. The van der Waals surface area contributed by atoms with Crippen molar-refractivity contribution in [1.82, 2.24) is 16.0 Å². The lowest BCUT2D eigenvalue weighted by atomic mass is 9.82. The van der Waals surface area contributed by atoms with Crippen molar-refractivity contribution < 1.29 is 0 Å².